The van der Waals surface area contributed by atoms with E-state index in [1.54, 1.807) is 19.5 Å². The molecule has 21 heavy (non-hydrogen) atoms. The van der Waals surface area contributed by atoms with Crippen molar-refractivity contribution in [3.63, 3.8) is 0 Å². The molecule has 0 radical (unpaired) electrons. The van der Waals surface area contributed by atoms with E-state index in [2.05, 4.69) is 27.1 Å². The van der Waals surface area contributed by atoms with Gasteiger partial charge in [0.1, 0.15) is 11.5 Å². The van der Waals surface area contributed by atoms with E-state index in [4.69, 9.17) is 4.74 Å². The van der Waals surface area contributed by atoms with Crippen molar-refractivity contribution in [3.8, 4) is 0 Å². The lowest BCUT2D eigenvalue weighted by Gasteiger charge is -2.31. The molecule has 1 atom stereocenters. The number of amides is 1. The number of carbonyl (C=O) groups excluding carboxylic acids is 1. The number of piperidine rings is 1. The molecule has 6 heteroatoms. The van der Waals surface area contributed by atoms with Crippen LogP contribution in [-0.4, -0.2) is 49.2 Å². The van der Waals surface area contributed by atoms with Crippen LogP contribution in [-0.2, 0) is 4.74 Å². The number of hydrogen-bond acceptors (Lipinski definition) is 5. The minimum Gasteiger partial charge on any atom is -0.385 e. The highest BCUT2D eigenvalue weighted by Gasteiger charge is 2.18. The van der Waals surface area contributed by atoms with Crippen LogP contribution in [0, 0.1) is 5.92 Å². The Balaban J connectivity index is 1.87. The fraction of sp³-hybridized carbons (Fsp3) is 0.667. The van der Waals surface area contributed by atoms with Gasteiger partial charge in [0.2, 0.25) is 0 Å². The third kappa shape index (κ3) is 4.67. The van der Waals surface area contributed by atoms with E-state index in [0.29, 0.717) is 24.8 Å². The van der Waals surface area contributed by atoms with Crippen LogP contribution in [0.4, 0.5) is 5.82 Å². The first-order chi connectivity index (χ1) is 10.2. The van der Waals surface area contributed by atoms with Gasteiger partial charge in [0.15, 0.2) is 0 Å². The maximum Gasteiger partial charge on any atom is 0.271 e. The molecule has 116 valence electrons. The molecule has 6 nitrogen and oxygen atoms in total. The monoisotopic (exact) mass is 292 g/mol. The molecule has 0 saturated carbocycles. The van der Waals surface area contributed by atoms with E-state index in [0.717, 1.165) is 25.3 Å². The number of carbonyl (C=O) groups is 1. The van der Waals surface area contributed by atoms with Gasteiger partial charge in [-0.3, -0.25) is 4.79 Å². The van der Waals surface area contributed by atoms with Crippen molar-refractivity contribution < 1.29 is 9.53 Å². The zero-order valence-corrected chi connectivity index (χ0v) is 12.8. The van der Waals surface area contributed by atoms with E-state index < -0.39 is 0 Å². The molecule has 2 heterocycles. The molecule has 1 N–H and O–H groups in total. The Morgan fingerprint density at radius 3 is 3.00 bits per heavy atom. The molecule has 1 aliphatic rings. The summed E-state index contributed by atoms with van der Waals surface area (Å²) in [4.78, 5) is 22.7. The summed E-state index contributed by atoms with van der Waals surface area (Å²) in [5, 5.41) is 2.80. The van der Waals surface area contributed by atoms with Crippen LogP contribution in [0.25, 0.3) is 0 Å². The predicted molar refractivity (Wildman–Crippen MR) is 81.5 cm³/mol. The number of ether oxygens (including phenoxy) is 1. The van der Waals surface area contributed by atoms with Crippen LogP contribution >= 0.6 is 0 Å². The standard InChI is InChI=1S/C15H24N4O2/c1-12-5-3-7-19(11-12)14-10-17-13(9-18-14)15(20)16-6-4-8-21-2/h9-10,12H,3-8,11H2,1-2H3,(H,16,20). The highest BCUT2D eigenvalue weighted by Crippen LogP contribution is 2.20. The van der Waals surface area contributed by atoms with Crippen molar-refractivity contribution in [2.75, 3.05) is 38.3 Å². The first kappa shape index (κ1) is 15.7. The van der Waals surface area contributed by atoms with E-state index in [1.165, 1.54) is 12.8 Å². The molecule has 1 amide bonds. The molecular formula is C15H24N4O2. The SMILES string of the molecule is COCCCNC(=O)c1cnc(N2CCCC(C)C2)cn1. The quantitative estimate of drug-likeness (QED) is 0.804. The van der Waals surface area contributed by atoms with Crippen molar-refractivity contribution in [2.24, 2.45) is 5.92 Å². The third-order valence-corrected chi connectivity index (χ3v) is 3.66. The summed E-state index contributed by atoms with van der Waals surface area (Å²) in [6.45, 7) is 5.50. The first-order valence-corrected chi connectivity index (χ1v) is 7.55. The molecule has 1 aliphatic heterocycles. The summed E-state index contributed by atoms with van der Waals surface area (Å²) in [6, 6.07) is 0. The number of hydrogen-bond donors (Lipinski definition) is 1. The molecule has 1 fully saturated rings. The molecule has 1 aromatic heterocycles. The average Bonchev–Trinajstić information content (AvgIpc) is 2.51. The molecule has 0 aromatic carbocycles. The number of nitrogens with one attached hydrogen (secondary N) is 1. The molecule has 0 spiro atoms. The van der Waals surface area contributed by atoms with Crippen molar-refractivity contribution in [1.29, 1.82) is 0 Å². The highest BCUT2D eigenvalue weighted by molar-refractivity contribution is 5.91. The minimum atomic E-state index is -0.183. The van der Waals surface area contributed by atoms with Crippen LogP contribution in [0.5, 0.6) is 0 Å². The summed E-state index contributed by atoms with van der Waals surface area (Å²) < 4.78 is 4.94. The van der Waals surface area contributed by atoms with Crippen molar-refractivity contribution in [3.05, 3.63) is 18.1 Å². The van der Waals surface area contributed by atoms with Gasteiger partial charge in [-0.15, -0.1) is 0 Å². The highest BCUT2D eigenvalue weighted by atomic mass is 16.5. The maximum atomic E-state index is 11.9. The van der Waals surface area contributed by atoms with E-state index >= 15 is 0 Å². The fourth-order valence-corrected chi connectivity index (χ4v) is 2.51. The predicted octanol–water partition coefficient (Wildman–Crippen LogP) is 1.48. The number of rotatable bonds is 6. The first-order valence-electron chi connectivity index (χ1n) is 7.55. The summed E-state index contributed by atoms with van der Waals surface area (Å²) in [5.41, 5.74) is 0.362. The van der Waals surface area contributed by atoms with E-state index in [-0.39, 0.29) is 5.91 Å². The van der Waals surface area contributed by atoms with Crippen LogP contribution in [0.3, 0.4) is 0 Å². The Morgan fingerprint density at radius 2 is 2.33 bits per heavy atom. The minimum absolute atomic E-state index is 0.183. The van der Waals surface area contributed by atoms with Crippen LogP contribution < -0.4 is 10.2 Å². The Labute approximate surface area is 125 Å². The van der Waals surface area contributed by atoms with Gasteiger partial charge in [0, 0.05) is 33.4 Å². The Bertz CT molecular complexity index is 449. The summed E-state index contributed by atoms with van der Waals surface area (Å²) in [6.07, 6.45) is 6.50. The van der Waals surface area contributed by atoms with E-state index in [1.807, 2.05) is 0 Å². The molecule has 2 rings (SSSR count). The van der Waals surface area contributed by atoms with Gasteiger partial charge >= 0.3 is 0 Å². The lowest BCUT2D eigenvalue weighted by Crippen LogP contribution is -2.35. The van der Waals surface area contributed by atoms with Crippen molar-refractivity contribution >= 4 is 11.7 Å². The summed E-state index contributed by atoms with van der Waals surface area (Å²) >= 11 is 0. The number of anilines is 1. The summed E-state index contributed by atoms with van der Waals surface area (Å²) in [7, 11) is 1.65. The van der Waals surface area contributed by atoms with E-state index in [9.17, 15) is 4.79 Å². The largest absolute Gasteiger partial charge is 0.385 e. The van der Waals surface area contributed by atoms with Crippen molar-refractivity contribution in [2.45, 2.75) is 26.2 Å². The maximum absolute atomic E-state index is 11.9. The van der Waals surface area contributed by atoms with Gasteiger partial charge in [-0.2, -0.15) is 0 Å². The van der Waals surface area contributed by atoms with Crippen molar-refractivity contribution in [1.82, 2.24) is 15.3 Å². The van der Waals surface area contributed by atoms with Gasteiger partial charge in [0.05, 0.1) is 12.4 Å². The normalized spacial score (nSPS) is 18.6. The number of methoxy groups -OCH3 is 1. The number of nitrogens with zero attached hydrogens (tertiary/aromatic N) is 3. The Kier molecular flexibility index (Phi) is 5.92. The third-order valence-electron chi connectivity index (χ3n) is 3.66. The zero-order valence-electron chi connectivity index (χ0n) is 12.8. The fourth-order valence-electron chi connectivity index (χ4n) is 2.51. The zero-order chi connectivity index (χ0) is 15.1. The molecule has 0 aliphatic carbocycles. The van der Waals surface area contributed by atoms with Crippen LogP contribution in [0.2, 0.25) is 0 Å². The molecule has 1 aromatic rings. The van der Waals surface area contributed by atoms with Gasteiger partial charge < -0.3 is 15.0 Å². The summed E-state index contributed by atoms with van der Waals surface area (Å²) in [5.74, 6) is 1.36. The average molecular weight is 292 g/mol. The smallest absolute Gasteiger partial charge is 0.271 e. The molecule has 1 saturated heterocycles. The topological polar surface area (TPSA) is 67.3 Å². The molecule has 1 unspecified atom stereocenters. The van der Waals surface area contributed by atoms with Crippen LogP contribution in [0.15, 0.2) is 12.4 Å². The lowest BCUT2D eigenvalue weighted by molar-refractivity contribution is 0.0943. The van der Waals surface area contributed by atoms with Crippen LogP contribution in [0.1, 0.15) is 36.7 Å². The lowest BCUT2D eigenvalue weighted by atomic mass is 10.0. The Morgan fingerprint density at radius 1 is 1.48 bits per heavy atom. The second-order valence-electron chi connectivity index (χ2n) is 5.56. The molecule has 0 bridgehead atoms. The molecular weight excluding hydrogens is 268 g/mol. The Hall–Kier alpha value is -1.69. The van der Waals surface area contributed by atoms with Gasteiger partial charge in [0.25, 0.3) is 5.91 Å². The van der Waals surface area contributed by atoms with Gasteiger partial charge in [-0.1, -0.05) is 6.92 Å². The second kappa shape index (κ2) is 7.93. The van der Waals surface area contributed by atoms with Gasteiger partial charge in [-0.05, 0) is 25.2 Å². The van der Waals surface area contributed by atoms with Gasteiger partial charge in [-0.25, -0.2) is 9.97 Å². The number of aromatic nitrogens is 2. The second-order valence-corrected chi connectivity index (χ2v) is 5.56.